The molecule has 0 amide bonds. The van der Waals surface area contributed by atoms with E-state index in [9.17, 15) is 0 Å². The van der Waals surface area contributed by atoms with Gasteiger partial charge in [0, 0.05) is 5.41 Å². The third kappa shape index (κ3) is 1.07. The van der Waals surface area contributed by atoms with Crippen LogP contribution in [0.4, 0.5) is 0 Å². The van der Waals surface area contributed by atoms with Crippen LogP contribution in [0.3, 0.4) is 0 Å². The summed E-state index contributed by atoms with van der Waals surface area (Å²) in [6.07, 6.45) is 8.48. The van der Waals surface area contributed by atoms with Crippen molar-refractivity contribution in [3.05, 3.63) is 23.7 Å². The van der Waals surface area contributed by atoms with Gasteiger partial charge in [-0.3, -0.25) is 0 Å². The lowest BCUT2D eigenvalue weighted by Gasteiger charge is -2.55. The molecule has 1 nitrogen and oxygen atoms in total. The minimum Gasteiger partial charge on any atom is -0.468 e. The van der Waals surface area contributed by atoms with E-state index >= 15 is 0 Å². The summed E-state index contributed by atoms with van der Waals surface area (Å²) in [5.41, 5.74) is 2.19. The average Bonchev–Trinajstić information content (AvgIpc) is 2.71. The normalized spacial score (nSPS) is 42.6. The fourth-order valence-corrected chi connectivity index (χ4v) is 4.22. The zero-order valence-corrected chi connectivity index (χ0v) is 10.7. The van der Waals surface area contributed by atoms with Crippen LogP contribution in [-0.2, 0) is 11.8 Å². The maximum Gasteiger partial charge on any atom is 0.113 e. The molecule has 0 unspecified atom stereocenters. The van der Waals surface area contributed by atoms with Crippen molar-refractivity contribution in [2.24, 2.45) is 11.3 Å². The molecule has 1 heteroatoms. The Morgan fingerprint density at radius 1 is 1.31 bits per heavy atom. The minimum absolute atomic E-state index is 0.280. The Morgan fingerprint density at radius 3 is 2.94 bits per heavy atom. The quantitative estimate of drug-likeness (QED) is 0.632. The molecule has 2 aliphatic carbocycles. The van der Waals surface area contributed by atoms with Gasteiger partial charge in [-0.25, -0.2) is 0 Å². The van der Waals surface area contributed by atoms with Crippen molar-refractivity contribution in [2.45, 2.75) is 58.3 Å². The third-order valence-corrected chi connectivity index (χ3v) is 5.82. The highest BCUT2D eigenvalue weighted by Crippen LogP contribution is 2.60. The predicted molar refractivity (Wildman–Crippen MR) is 65.5 cm³/mol. The lowest BCUT2D eigenvalue weighted by molar-refractivity contribution is -0.00327. The van der Waals surface area contributed by atoms with Gasteiger partial charge >= 0.3 is 0 Å². The van der Waals surface area contributed by atoms with Crippen LogP contribution < -0.4 is 0 Å². The molecule has 1 saturated carbocycles. The zero-order chi connectivity index (χ0) is 11.4. The number of hydrogen-bond donors (Lipinski definition) is 0. The van der Waals surface area contributed by atoms with Crippen molar-refractivity contribution < 1.29 is 4.42 Å². The minimum atomic E-state index is 0.280. The molecular weight excluding hydrogens is 196 g/mol. The van der Waals surface area contributed by atoms with Gasteiger partial charge in [-0.15, -0.1) is 0 Å². The fourth-order valence-electron chi connectivity index (χ4n) is 4.22. The third-order valence-electron chi connectivity index (χ3n) is 5.82. The summed E-state index contributed by atoms with van der Waals surface area (Å²) in [4.78, 5) is 0. The molecule has 0 spiro atoms. The largest absolute Gasteiger partial charge is 0.468 e. The Labute approximate surface area is 98.2 Å². The molecule has 0 saturated heterocycles. The van der Waals surface area contributed by atoms with Gasteiger partial charge in [-0.2, -0.15) is 0 Å². The van der Waals surface area contributed by atoms with Crippen LogP contribution in [0.5, 0.6) is 0 Å². The van der Waals surface area contributed by atoms with Gasteiger partial charge in [0.15, 0.2) is 0 Å². The molecule has 3 rings (SSSR count). The number of furan rings is 1. The van der Waals surface area contributed by atoms with Gasteiger partial charge in [-0.05, 0) is 42.2 Å². The summed E-state index contributed by atoms with van der Waals surface area (Å²) >= 11 is 0. The molecule has 2 aliphatic rings. The summed E-state index contributed by atoms with van der Waals surface area (Å²) in [6.45, 7) is 7.36. The number of hydrogen-bond acceptors (Lipinski definition) is 1. The predicted octanol–water partition coefficient (Wildman–Crippen LogP) is 4.31. The Kier molecular flexibility index (Phi) is 2.05. The van der Waals surface area contributed by atoms with Gasteiger partial charge in [0.25, 0.3) is 0 Å². The molecular formula is C15H22O. The second-order valence-corrected chi connectivity index (χ2v) is 6.32. The highest BCUT2D eigenvalue weighted by atomic mass is 16.3. The summed E-state index contributed by atoms with van der Waals surface area (Å²) in [6, 6.07) is 2.18. The van der Waals surface area contributed by atoms with E-state index in [1.165, 1.54) is 43.4 Å². The molecule has 0 aliphatic heterocycles. The van der Waals surface area contributed by atoms with E-state index in [1.807, 2.05) is 6.26 Å². The van der Waals surface area contributed by atoms with Crippen molar-refractivity contribution in [3.8, 4) is 0 Å². The smallest absolute Gasteiger partial charge is 0.113 e. The van der Waals surface area contributed by atoms with Crippen LogP contribution in [0.15, 0.2) is 16.7 Å². The number of fused-ring (bicyclic) bond motifs is 3. The van der Waals surface area contributed by atoms with Crippen molar-refractivity contribution in [3.63, 3.8) is 0 Å². The molecule has 0 radical (unpaired) electrons. The number of rotatable bonds is 0. The summed E-state index contributed by atoms with van der Waals surface area (Å²) in [5, 5.41) is 0. The maximum atomic E-state index is 5.84. The van der Waals surface area contributed by atoms with E-state index in [2.05, 4.69) is 26.8 Å². The molecule has 0 aromatic carbocycles. The van der Waals surface area contributed by atoms with Crippen molar-refractivity contribution in [1.82, 2.24) is 0 Å². The summed E-state index contributed by atoms with van der Waals surface area (Å²) in [7, 11) is 0. The van der Waals surface area contributed by atoms with Gasteiger partial charge in [0.1, 0.15) is 5.76 Å². The van der Waals surface area contributed by atoms with Gasteiger partial charge < -0.3 is 4.42 Å². The molecule has 1 fully saturated rings. The lowest BCUT2D eigenvalue weighted by atomic mass is 9.48. The molecule has 1 heterocycles. The molecule has 3 atom stereocenters. The standard InChI is InChI=1S/C15H22O/c1-11-5-4-8-15(3)13-12(7-10-16-13)6-9-14(11,15)2/h7,10-11H,4-6,8-9H2,1-3H3/t11-,14-,15-/m1/s1. The Hall–Kier alpha value is -0.720. The second-order valence-electron chi connectivity index (χ2n) is 6.32. The SMILES string of the molecule is C[C@@H]1CCC[C@]2(C)c3occc3CC[C@]12C. The van der Waals surface area contributed by atoms with E-state index in [-0.39, 0.29) is 5.41 Å². The number of aryl methyl sites for hydroxylation is 1. The van der Waals surface area contributed by atoms with Crippen LogP contribution in [0.2, 0.25) is 0 Å². The topological polar surface area (TPSA) is 13.1 Å². The fraction of sp³-hybridized carbons (Fsp3) is 0.733. The van der Waals surface area contributed by atoms with E-state index in [4.69, 9.17) is 4.42 Å². The Balaban J connectivity index is 2.15. The van der Waals surface area contributed by atoms with Crippen LogP contribution in [0.25, 0.3) is 0 Å². The molecule has 16 heavy (non-hydrogen) atoms. The first kappa shape index (κ1) is 10.4. The molecule has 1 aromatic rings. The van der Waals surface area contributed by atoms with E-state index in [0.29, 0.717) is 5.41 Å². The maximum absolute atomic E-state index is 5.84. The second kappa shape index (κ2) is 3.15. The zero-order valence-electron chi connectivity index (χ0n) is 10.7. The van der Waals surface area contributed by atoms with Crippen LogP contribution in [-0.4, -0.2) is 0 Å². The first-order chi connectivity index (χ1) is 7.58. The monoisotopic (exact) mass is 218 g/mol. The van der Waals surface area contributed by atoms with Crippen LogP contribution >= 0.6 is 0 Å². The Morgan fingerprint density at radius 2 is 2.12 bits per heavy atom. The van der Waals surface area contributed by atoms with Crippen molar-refractivity contribution in [1.29, 1.82) is 0 Å². The van der Waals surface area contributed by atoms with Crippen LogP contribution in [0.1, 0.15) is 57.8 Å². The van der Waals surface area contributed by atoms with E-state index in [1.54, 1.807) is 0 Å². The molecule has 0 bridgehead atoms. The Bertz CT molecular complexity index is 405. The first-order valence-electron chi connectivity index (χ1n) is 6.65. The lowest BCUT2D eigenvalue weighted by Crippen LogP contribution is -2.51. The van der Waals surface area contributed by atoms with Gasteiger partial charge in [0.2, 0.25) is 0 Å². The highest BCUT2D eigenvalue weighted by Gasteiger charge is 2.55. The van der Waals surface area contributed by atoms with Gasteiger partial charge in [0.05, 0.1) is 6.26 Å². The van der Waals surface area contributed by atoms with E-state index in [0.717, 1.165) is 5.92 Å². The van der Waals surface area contributed by atoms with E-state index < -0.39 is 0 Å². The summed E-state index contributed by atoms with van der Waals surface area (Å²) < 4.78 is 5.84. The van der Waals surface area contributed by atoms with Crippen LogP contribution in [0, 0.1) is 11.3 Å². The molecule has 0 N–H and O–H groups in total. The highest BCUT2D eigenvalue weighted by molar-refractivity contribution is 5.32. The van der Waals surface area contributed by atoms with Crippen molar-refractivity contribution in [2.75, 3.05) is 0 Å². The first-order valence-corrected chi connectivity index (χ1v) is 6.65. The summed E-state index contributed by atoms with van der Waals surface area (Å²) in [5.74, 6) is 2.12. The van der Waals surface area contributed by atoms with Gasteiger partial charge in [-0.1, -0.05) is 33.6 Å². The average molecular weight is 218 g/mol. The molecule has 1 aromatic heterocycles. The van der Waals surface area contributed by atoms with Crippen molar-refractivity contribution >= 4 is 0 Å². The molecule has 88 valence electrons.